The van der Waals surface area contributed by atoms with Crippen molar-refractivity contribution < 1.29 is 9.47 Å². The molecule has 0 N–H and O–H groups in total. The minimum atomic E-state index is -0.601. The molecule has 21 aromatic rings. The number of fused-ring (bicyclic) bond motifs is 25. The molecule has 116 heavy (non-hydrogen) atoms. The van der Waals surface area contributed by atoms with Crippen molar-refractivity contribution in [1.82, 2.24) is 13.7 Å². The summed E-state index contributed by atoms with van der Waals surface area (Å²) in [5, 5.41) is 7.60. The van der Waals surface area contributed by atoms with Crippen LogP contribution in [0, 0.1) is 0 Å². The standard InChI is InChI=1S/C55H34N2O.C55H36N2O/c1-6-22-48-40(13-1)41-14-2-7-23-49(41)56(48)38-33-31-36(32-34-38)35-27-29-37(30-28-35)39-16-11-21-47-54(39)58-52-26-10-5-19-45(52)55(47)44-18-4-9-25-51(44)57-50-24-8-3-15-42(50)43-17-12-20-46(55)53(43)57;1-3-15-40(16-4-1)56(41-17-5-2-6-18-41)42-35-33-38(34-36-42)37-29-31-39(32-30-37)43-20-13-25-49-54(43)58-52-28-12-9-23-47(52)55(49)46-22-8-11-27-51(46)57-50-26-10-7-19-44(50)45-21-14-24-48(55)53(45)57/h1-34H;1-36H. The molecular formula is C110H70N4O2. The summed E-state index contributed by atoms with van der Waals surface area (Å²) in [6, 6.07) is 154. The van der Waals surface area contributed by atoms with Crippen LogP contribution in [-0.4, -0.2) is 13.7 Å². The number of ether oxygens (including phenoxy) is 2. The Hall–Kier alpha value is -15.2. The van der Waals surface area contributed by atoms with Crippen LogP contribution in [0.1, 0.15) is 44.5 Å². The van der Waals surface area contributed by atoms with Gasteiger partial charge in [0, 0.05) is 88.4 Å². The van der Waals surface area contributed by atoms with Crippen molar-refractivity contribution in [2.45, 2.75) is 10.8 Å². The zero-order valence-electron chi connectivity index (χ0n) is 63.0. The third kappa shape index (κ3) is 9.41. The Morgan fingerprint density at radius 2 is 0.491 bits per heavy atom. The summed E-state index contributed by atoms with van der Waals surface area (Å²) in [5.41, 5.74) is 31.8. The zero-order chi connectivity index (χ0) is 76.2. The highest BCUT2D eigenvalue weighted by Crippen LogP contribution is 2.64. The molecule has 0 amide bonds. The molecule has 6 heteroatoms. The summed E-state index contributed by atoms with van der Waals surface area (Å²) in [6.07, 6.45) is 0. The van der Waals surface area contributed by atoms with Crippen molar-refractivity contribution in [3.8, 4) is 84.6 Å². The average Bonchev–Trinajstić information content (AvgIpc) is 1.32. The minimum absolute atomic E-state index is 0.598. The van der Waals surface area contributed by atoms with Crippen LogP contribution in [0.25, 0.3) is 127 Å². The molecular weight excluding hydrogens is 1410 g/mol. The molecule has 3 aromatic heterocycles. The summed E-state index contributed by atoms with van der Waals surface area (Å²) in [4.78, 5) is 2.29. The lowest BCUT2D eigenvalue weighted by molar-refractivity contribution is 0.435. The van der Waals surface area contributed by atoms with E-state index in [1.165, 1.54) is 110 Å². The van der Waals surface area contributed by atoms with Crippen LogP contribution < -0.4 is 14.4 Å². The van der Waals surface area contributed by atoms with Crippen LogP contribution in [0.15, 0.2) is 425 Å². The van der Waals surface area contributed by atoms with Crippen LogP contribution in [0.2, 0.25) is 0 Å². The van der Waals surface area contributed by atoms with Gasteiger partial charge in [-0.1, -0.05) is 328 Å². The van der Waals surface area contributed by atoms with Crippen LogP contribution in [0.4, 0.5) is 17.1 Å². The fourth-order valence-corrected chi connectivity index (χ4v) is 20.2. The molecule has 4 aliphatic rings. The van der Waals surface area contributed by atoms with Gasteiger partial charge in [0.15, 0.2) is 0 Å². The topological polar surface area (TPSA) is 36.5 Å². The molecule has 18 aromatic carbocycles. The smallest absolute Gasteiger partial charge is 0.140 e. The molecule has 2 atom stereocenters. The Morgan fingerprint density at radius 1 is 0.198 bits per heavy atom. The first-order valence-corrected chi connectivity index (χ1v) is 40.0. The molecule has 25 rings (SSSR count). The fourth-order valence-electron chi connectivity index (χ4n) is 20.2. The average molecular weight is 1480 g/mol. The summed E-state index contributed by atoms with van der Waals surface area (Å²) in [5.74, 6) is 3.58. The number of benzene rings is 18. The van der Waals surface area contributed by atoms with Crippen molar-refractivity contribution in [2.24, 2.45) is 0 Å². The summed E-state index contributed by atoms with van der Waals surface area (Å²) < 4.78 is 21.5. The largest absolute Gasteiger partial charge is 0.456 e. The van der Waals surface area contributed by atoms with Gasteiger partial charge in [0.05, 0.1) is 55.3 Å². The molecule has 4 aliphatic heterocycles. The number of para-hydroxylation sites is 14. The summed E-state index contributed by atoms with van der Waals surface area (Å²) in [6.45, 7) is 0. The van der Waals surface area contributed by atoms with E-state index in [4.69, 9.17) is 9.47 Å². The second-order valence-corrected chi connectivity index (χ2v) is 30.8. The number of hydrogen-bond acceptors (Lipinski definition) is 3. The Labute approximate surface area is 670 Å². The molecule has 0 aliphatic carbocycles. The summed E-state index contributed by atoms with van der Waals surface area (Å²) >= 11 is 0. The van der Waals surface area contributed by atoms with Gasteiger partial charge in [0.2, 0.25) is 0 Å². The van der Waals surface area contributed by atoms with Gasteiger partial charge in [-0.2, -0.15) is 0 Å². The van der Waals surface area contributed by atoms with Gasteiger partial charge in [-0.05, 0) is 153 Å². The zero-order valence-corrected chi connectivity index (χ0v) is 63.0. The molecule has 0 bridgehead atoms. The van der Waals surface area contributed by atoms with Crippen LogP contribution in [-0.2, 0) is 10.8 Å². The maximum atomic E-state index is 7.06. The molecule has 0 saturated heterocycles. The Balaban J connectivity index is 0.000000133. The van der Waals surface area contributed by atoms with Gasteiger partial charge in [0.25, 0.3) is 0 Å². The molecule has 0 radical (unpaired) electrons. The van der Waals surface area contributed by atoms with Crippen LogP contribution in [0.5, 0.6) is 23.0 Å². The van der Waals surface area contributed by atoms with Crippen LogP contribution in [0.3, 0.4) is 0 Å². The Morgan fingerprint density at radius 3 is 0.922 bits per heavy atom. The SMILES string of the molecule is c1ccc(N(c2ccccc2)c2ccc(-c3ccc(-c4cccc5c4Oc4ccccc4C54c5ccccc5-n5c6ccccc6c6cccc4c65)cc3)cc2)cc1.c1ccc2c(c1)Oc1c(-c3ccc(-c4ccc(-n5c6ccccc6c6ccccc65)cc4)cc3)cccc1C21c2ccccc2-n2c3ccccc3c3cccc1c32. The van der Waals surface area contributed by atoms with Gasteiger partial charge < -0.3 is 28.1 Å². The lowest BCUT2D eigenvalue weighted by atomic mass is 9.61. The van der Waals surface area contributed by atoms with Gasteiger partial charge >= 0.3 is 0 Å². The van der Waals surface area contributed by atoms with Crippen molar-refractivity contribution in [2.75, 3.05) is 4.90 Å². The van der Waals surface area contributed by atoms with E-state index >= 15 is 0 Å². The molecule has 7 heterocycles. The highest BCUT2D eigenvalue weighted by Gasteiger charge is 2.53. The Kier molecular flexibility index (Phi) is 14.5. The number of nitrogens with zero attached hydrogens (tertiary/aromatic N) is 4. The number of aromatic nitrogens is 3. The minimum Gasteiger partial charge on any atom is -0.456 e. The van der Waals surface area contributed by atoms with Gasteiger partial charge in [0.1, 0.15) is 23.0 Å². The quantitative estimate of drug-likeness (QED) is 0.152. The fraction of sp³-hybridized carbons (Fsp3) is 0.0182. The van der Waals surface area contributed by atoms with E-state index in [1.807, 2.05) is 0 Å². The first-order valence-electron chi connectivity index (χ1n) is 40.0. The van der Waals surface area contributed by atoms with E-state index < -0.39 is 10.8 Å². The second-order valence-electron chi connectivity index (χ2n) is 30.8. The van der Waals surface area contributed by atoms with Gasteiger partial charge in [-0.15, -0.1) is 0 Å². The third-order valence-corrected chi connectivity index (χ3v) is 25.1. The molecule has 2 unspecified atom stereocenters. The first-order chi connectivity index (χ1) is 57.6. The first kappa shape index (κ1) is 65.5. The normalized spacial score (nSPS) is 14.9. The van der Waals surface area contributed by atoms with Crippen molar-refractivity contribution in [3.63, 3.8) is 0 Å². The molecule has 0 saturated carbocycles. The third-order valence-electron chi connectivity index (χ3n) is 25.1. The van der Waals surface area contributed by atoms with E-state index in [0.717, 1.165) is 101 Å². The Bertz CT molecular complexity index is 7470. The predicted molar refractivity (Wildman–Crippen MR) is 476 cm³/mol. The predicted octanol–water partition coefficient (Wildman–Crippen LogP) is 28.4. The van der Waals surface area contributed by atoms with Crippen LogP contribution >= 0.6 is 0 Å². The van der Waals surface area contributed by atoms with E-state index in [9.17, 15) is 0 Å². The van der Waals surface area contributed by atoms with E-state index in [2.05, 4.69) is 443 Å². The number of hydrogen-bond donors (Lipinski definition) is 0. The van der Waals surface area contributed by atoms with E-state index in [0.29, 0.717) is 0 Å². The van der Waals surface area contributed by atoms with E-state index in [-0.39, 0.29) is 0 Å². The molecule has 542 valence electrons. The van der Waals surface area contributed by atoms with Crippen molar-refractivity contribution in [3.05, 3.63) is 469 Å². The number of anilines is 3. The lowest BCUT2D eigenvalue weighted by Gasteiger charge is -2.45. The summed E-state index contributed by atoms with van der Waals surface area (Å²) in [7, 11) is 0. The van der Waals surface area contributed by atoms with Crippen molar-refractivity contribution >= 4 is 82.5 Å². The monoisotopic (exact) mass is 1480 g/mol. The second kappa shape index (κ2) is 25.7. The number of rotatable bonds is 8. The highest BCUT2D eigenvalue weighted by atomic mass is 16.5. The maximum absolute atomic E-state index is 7.06. The van der Waals surface area contributed by atoms with Gasteiger partial charge in [-0.3, -0.25) is 0 Å². The van der Waals surface area contributed by atoms with Crippen molar-refractivity contribution in [1.29, 1.82) is 0 Å². The van der Waals surface area contributed by atoms with Gasteiger partial charge in [-0.25, -0.2) is 0 Å². The molecule has 0 fully saturated rings. The maximum Gasteiger partial charge on any atom is 0.140 e. The lowest BCUT2D eigenvalue weighted by Crippen LogP contribution is -2.37. The highest BCUT2D eigenvalue weighted by molar-refractivity contribution is 6.14. The van der Waals surface area contributed by atoms with E-state index in [1.54, 1.807) is 0 Å². The molecule has 6 nitrogen and oxygen atoms in total. The molecule has 2 spiro atoms.